The number of benzene rings is 1. The molecular formula is C11H14ClNO2. The largest absolute Gasteiger partial charge is 0.495 e. The highest BCUT2D eigenvalue weighted by Gasteiger charge is 2.37. The van der Waals surface area contributed by atoms with Gasteiger partial charge in [0, 0.05) is 0 Å². The van der Waals surface area contributed by atoms with Gasteiger partial charge in [0.05, 0.1) is 30.9 Å². The highest BCUT2D eigenvalue weighted by molar-refractivity contribution is 6.32. The lowest BCUT2D eigenvalue weighted by atomic mass is 9.86. The first kappa shape index (κ1) is 10.7. The van der Waals surface area contributed by atoms with Crippen molar-refractivity contribution in [2.75, 3.05) is 20.3 Å². The van der Waals surface area contributed by atoms with Gasteiger partial charge < -0.3 is 15.2 Å². The molecule has 0 aromatic heterocycles. The van der Waals surface area contributed by atoms with Crippen molar-refractivity contribution >= 4 is 11.6 Å². The highest BCUT2D eigenvalue weighted by atomic mass is 35.5. The Morgan fingerprint density at radius 3 is 2.60 bits per heavy atom. The Bertz CT molecular complexity index is 388. The monoisotopic (exact) mass is 227 g/mol. The second-order valence-electron chi connectivity index (χ2n) is 3.95. The number of aryl methyl sites for hydroxylation is 1. The van der Waals surface area contributed by atoms with Crippen LogP contribution >= 0.6 is 11.6 Å². The normalized spacial score (nSPS) is 18.4. The van der Waals surface area contributed by atoms with E-state index in [0.29, 0.717) is 24.0 Å². The molecule has 0 amide bonds. The molecule has 0 unspecified atom stereocenters. The maximum absolute atomic E-state index is 6.16. The van der Waals surface area contributed by atoms with Crippen molar-refractivity contribution in [1.82, 2.24) is 0 Å². The number of hydrogen-bond donors (Lipinski definition) is 1. The number of ether oxygens (including phenoxy) is 2. The molecule has 1 aromatic rings. The van der Waals surface area contributed by atoms with Crippen LogP contribution in [0, 0.1) is 6.92 Å². The summed E-state index contributed by atoms with van der Waals surface area (Å²) in [6.07, 6.45) is 0. The highest BCUT2D eigenvalue weighted by Crippen LogP contribution is 2.35. The minimum absolute atomic E-state index is 0.375. The molecule has 15 heavy (non-hydrogen) atoms. The molecule has 1 aromatic carbocycles. The predicted octanol–water partition coefficient (Wildman–Crippen LogP) is 1.84. The van der Waals surface area contributed by atoms with E-state index < -0.39 is 0 Å². The van der Waals surface area contributed by atoms with E-state index in [2.05, 4.69) is 0 Å². The Balaban J connectivity index is 2.45. The van der Waals surface area contributed by atoms with Crippen LogP contribution in [-0.4, -0.2) is 20.3 Å². The molecule has 1 aliphatic rings. The lowest BCUT2D eigenvalue weighted by Crippen LogP contribution is -2.54. The van der Waals surface area contributed by atoms with Crippen molar-refractivity contribution in [3.05, 3.63) is 28.3 Å². The Hall–Kier alpha value is -0.770. The van der Waals surface area contributed by atoms with Gasteiger partial charge in [-0.2, -0.15) is 0 Å². The number of rotatable bonds is 2. The first-order valence-electron chi connectivity index (χ1n) is 4.78. The van der Waals surface area contributed by atoms with Crippen LogP contribution in [0.5, 0.6) is 5.75 Å². The van der Waals surface area contributed by atoms with Gasteiger partial charge >= 0.3 is 0 Å². The quantitative estimate of drug-likeness (QED) is 0.839. The van der Waals surface area contributed by atoms with E-state index in [4.69, 9.17) is 26.8 Å². The summed E-state index contributed by atoms with van der Waals surface area (Å²) in [6, 6.07) is 3.78. The Morgan fingerprint density at radius 2 is 2.13 bits per heavy atom. The molecule has 0 saturated carbocycles. The summed E-state index contributed by atoms with van der Waals surface area (Å²) < 4.78 is 10.3. The summed E-state index contributed by atoms with van der Waals surface area (Å²) in [4.78, 5) is 0. The zero-order valence-electron chi connectivity index (χ0n) is 8.84. The maximum Gasteiger partial charge on any atom is 0.137 e. The van der Waals surface area contributed by atoms with Gasteiger partial charge in [-0.15, -0.1) is 0 Å². The Morgan fingerprint density at radius 1 is 1.47 bits per heavy atom. The first-order chi connectivity index (χ1) is 7.07. The molecule has 2 rings (SSSR count). The van der Waals surface area contributed by atoms with Gasteiger partial charge in [-0.25, -0.2) is 0 Å². The van der Waals surface area contributed by atoms with E-state index >= 15 is 0 Å². The third kappa shape index (κ3) is 1.71. The van der Waals surface area contributed by atoms with Gasteiger partial charge in [0.1, 0.15) is 5.75 Å². The molecule has 1 saturated heterocycles. The van der Waals surface area contributed by atoms with E-state index in [1.165, 1.54) is 0 Å². The standard InChI is InChI=1S/C11H14ClNO2/c1-7-3-10(14-2)9(12)4-8(7)11(13)5-15-6-11/h3-4H,5-6,13H2,1-2H3. The van der Waals surface area contributed by atoms with E-state index in [0.717, 1.165) is 11.1 Å². The minimum atomic E-state index is -0.375. The zero-order chi connectivity index (χ0) is 11.1. The van der Waals surface area contributed by atoms with Gasteiger partial charge in [-0.1, -0.05) is 11.6 Å². The summed E-state index contributed by atoms with van der Waals surface area (Å²) in [5.41, 5.74) is 7.91. The van der Waals surface area contributed by atoms with Crippen molar-refractivity contribution in [3.8, 4) is 5.75 Å². The van der Waals surface area contributed by atoms with Crippen LogP contribution in [0.4, 0.5) is 0 Å². The van der Waals surface area contributed by atoms with E-state index in [-0.39, 0.29) is 5.54 Å². The molecule has 0 atom stereocenters. The van der Waals surface area contributed by atoms with Gasteiger partial charge in [0.2, 0.25) is 0 Å². The van der Waals surface area contributed by atoms with Gasteiger partial charge in [-0.05, 0) is 30.2 Å². The second kappa shape index (κ2) is 3.67. The molecule has 1 heterocycles. The molecule has 0 bridgehead atoms. The van der Waals surface area contributed by atoms with Crippen LogP contribution < -0.4 is 10.5 Å². The van der Waals surface area contributed by atoms with Crippen molar-refractivity contribution in [3.63, 3.8) is 0 Å². The van der Waals surface area contributed by atoms with Crippen molar-refractivity contribution < 1.29 is 9.47 Å². The van der Waals surface area contributed by atoms with Crippen LogP contribution in [0.25, 0.3) is 0 Å². The number of hydrogen-bond acceptors (Lipinski definition) is 3. The van der Waals surface area contributed by atoms with Gasteiger partial charge in [0.15, 0.2) is 0 Å². The summed E-state index contributed by atoms with van der Waals surface area (Å²) in [7, 11) is 1.60. The molecule has 1 fully saturated rings. The van der Waals surface area contributed by atoms with E-state index in [1.807, 2.05) is 19.1 Å². The zero-order valence-corrected chi connectivity index (χ0v) is 9.60. The molecule has 0 spiro atoms. The second-order valence-corrected chi connectivity index (χ2v) is 4.36. The minimum Gasteiger partial charge on any atom is -0.495 e. The van der Waals surface area contributed by atoms with E-state index in [1.54, 1.807) is 7.11 Å². The number of nitrogens with two attached hydrogens (primary N) is 1. The SMILES string of the molecule is COc1cc(C)c(C2(N)COC2)cc1Cl. The number of halogens is 1. The molecule has 3 nitrogen and oxygen atoms in total. The topological polar surface area (TPSA) is 44.5 Å². The molecule has 2 N–H and O–H groups in total. The summed E-state index contributed by atoms with van der Waals surface area (Å²) in [6.45, 7) is 3.11. The molecule has 82 valence electrons. The predicted molar refractivity (Wildman–Crippen MR) is 59.4 cm³/mol. The van der Waals surface area contributed by atoms with Crippen LogP contribution in [0.3, 0.4) is 0 Å². The molecule has 0 aliphatic carbocycles. The fourth-order valence-electron chi connectivity index (χ4n) is 1.83. The maximum atomic E-state index is 6.16. The van der Waals surface area contributed by atoms with Crippen LogP contribution in [0.1, 0.15) is 11.1 Å². The Labute approximate surface area is 94.1 Å². The third-order valence-electron chi connectivity index (χ3n) is 2.75. The first-order valence-corrected chi connectivity index (χ1v) is 5.16. The third-order valence-corrected chi connectivity index (χ3v) is 3.05. The molecule has 4 heteroatoms. The lowest BCUT2D eigenvalue weighted by molar-refractivity contribution is -0.0572. The fraction of sp³-hybridized carbons (Fsp3) is 0.455. The summed E-state index contributed by atoms with van der Waals surface area (Å²) in [5, 5.41) is 0.592. The Kier molecular flexibility index (Phi) is 2.63. The van der Waals surface area contributed by atoms with Crippen molar-refractivity contribution in [2.24, 2.45) is 5.73 Å². The van der Waals surface area contributed by atoms with Crippen LogP contribution in [-0.2, 0) is 10.3 Å². The molecule has 0 radical (unpaired) electrons. The van der Waals surface area contributed by atoms with E-state index in [9.17, 15) is 0 Å². The van der Waals surface area contributed by atoms with Gasteiger partial charge in [0.25, 0.3) is 0 Å². The molecular weight excluding hydrogens is 214 g/mol. The van der Waals surface area contributed by atoms with Crippen molar-refractivity contribution in [2.45, 2.75) is 12.5 Å². The average molecular weight is 228 g/mol. The summed E-state index contributed by atoms with van der Waals surface area (Å²) in [5.74, 6) is 0.682. The van der Waals surface area contributed by atoms with Gasteiger partial charge in [-0.3, -0.25) is 0 Å². The van der Waals surface area contributed by atoms with Crippen LogP contribution in [0.2, 0.25) is 5.02 Å². The summed E-state index contributed by atoms with van der Waals surface area (Å²) >= 11 is 6.07. The molecule has 1 aliphatic heterocycles. The smallest absolute Gasteiger partial charge is 0.137 e. The average Bonchev–Trinajstić information content (AvgIpc) is 2.17. The number of methoxy groups -OCH3 is 1. The van der Waals surface area contributed by atoms with Crippen molar-refractivity contribution in [1.29, 1.82) is 0 Å². The lowest BCUT2D eigenvalue weighted by Gasteiger charge is -2.39. The fourth-order valence-corrected chi connectivity index (χ4v) is 2.07. The van der Waals surface area contributed by atoms with Crippen LogP contribution in [0.15, 0.2) is 12.1 Å².